The van der Waals surface area contributed by atoms with Gasteiger partial charge in [-0.05, 0) is 47.1 Å². The predicted octanol–water partition coefficient (Wildman–Crippen LogP) is 4.69. The average Bonchev–Trinajstić information content (AvgIpc) is 3.03. The van der Waals surface area contributed by atoms with Crippen LogP contribution in [0.5, 0.6) is 5.75 Å². The number of halogens is 1. The second kappa shape index (κ2) is 6.85. The lowest BCUT2D eigenvalue weighted by Gasteiger charge is -2.01. The van der Waals surface area contributed by atoms with E-state index in [1.54, 1.807) is 19.2 Å². The number of benzene rings is 2. The summed E-state index contributed by atoms with van der Waals surface area (Å²) in [5, 5.41) is 5.27. The molecule has 0 saturated carbocycles. The van der Waals surface area contributed by atoms with Gasteiger partial charge in [-0.15, -0.1) is 0 Å². The molecule has 0 amide bonds. The Morgan fingerprint density at radius 3 is 2.50 bits per heavy atom. The van der Waals surface area contributed by atoms with Crippen molar-refractivity contribution < 1.29 is 9.26 Å². The standard InChI is InChI=1S/C16H13ClN2O2S/c1-20-14-8-2-11(3-9-14)10-22-16-18-15(21-19-16)12-4-6-13(17)7-5-12/h2-9H,10H2,1H3. The van der Waals surface area contributed by atoms with Crippen LogP contribution in [0.1, 0.15) is 5.56 Å². The van der Waals surface area contributed by atoms with Gasteiger partial charge in [-0.1, -0.05) is 35.5 Å². The summed E-state index contributed by atoms with van der Waals surface area (Å²) in [7, 11) is 1.65. The molecule has 0 N–H and O–H groups in total. The van der Waals surface area contributed by atoms with Gasteiger partial charge < -0.3 is 9.26 Å². The van der Waals surface area contributed by atoms with Crippen LogP contribution in [0.2, 0.25) is 5.02 Å². The van der Waals surface area contributed by atoms with E-state index < -0.39 is 0 Å². The summed E-state index contributed by atoms with van der Waals surface area (Å²) < 4.78 is 10.4. The van der Waals surface area contributed by atoms with Crippen molar-refractivity contribution in [1.82, 2.24) is 10.1 Å². The highest BCUT2D eigenvalue weighted by atomic mass is 35.5. The molecule has 0 radical (unpaired) electrons. The second-order valence-electron chi connectivity index (χ2n) is 4.53. The third-order valence-corrected chi connectivity index (χ3v) is 4.18. The monoisotopic (exact) mass is 332 g/mol. The van der Waals surface area contributed by atoms with Gasteiger partial charge in [0.05, 0.1) is 7.11 Å². The minimum atomic E-state index is 0.494. The van der Waals surface area contributed by atoms with Crippen molar-refractivity contribution >= 4 is 23.4 Å². The zero-order valence-electron chi connectivity index (χ0n) is 11.8. The molecule has 3 rings (SSSR count). The Morgan fingerprint density at radius 1 is 1.09 bits per heavy atom. The second-order valence-corrected chi connectivity index (χ2v) is 5.90. The van der Waals surface area contributed by atoms with E-state index >= 15 is 0 Å². The third-order valence-electron chi connectivity index (χ3n) is 3.03. The van der Waals surface area contributed by atoms with Gasteiger partial charge in [0.25, 0.3) is 5.89 Å². The molecule has 0 atom stereocenters. The zero-order chi connectivity index (χ0) is 15.4. The Bertz CT molecular complexity index is 742. The number of ether oxygens (including phenoxy) is 1. The molecule has 3 aromatic rings. The number of hydrogen-bond acceptors (Lipinski definition) is 5. The van der Waals surface area contributed by atoms with Crippen LogP contribution in [0.25, 0.3) is 11.5 Å². The maximum absolute atomic E-state index is 5.86. The zero-order valence-corrected chi connectivity index (χ0v) is 13.4. The maximum Gasteiger partial charge on any atom is 0.258 e. The highest BCUT2D eigenvalue weighted by Crippen LogP contribution is 2.25. The molecule has 0 aliphatic heterocycles. The average molecular weight is 333 g/mol. The highest BCUT2D eigenvalue weighted by molar-refractivity contribution is 7.98. The van der Waals surface area contributed by atoms with Crippen LogP contribution in [-0.4, -0.2) is 17.3 Å². The van der Waals surface area contributed by atoms with E-state index in [0.717, 1.165) is 17.1 Å². The first-order valence-electron chi connectivity index (χ1n) is 6.60. The summed E-state index contributed by atoms with van der Waals surface area (Å²) in [6.45, 7) is 0. The molecule has 1 heterocycles. The number of nitrogens with zero attached hydrogens (tertiary/aromatic N) is 2. The van der Waals surface area contributed by atoms with E-state index in [4.69, 9.17) is 20.9 Å². The van der Waals surface area contributed by atoms with Gasteiger partial charge in [0.15, 0.2) is 0 Å². The smallest absolute Gasteiger partial charge is 0.258 e. The first kappa shape index (κ1) is 14.9. The van der Waals surface area contributed by atoms with Crippen molar-refractivity contribution in [2.24, 2.45) is 0 Å². The van der Waals surface area contributed by atoms with Crippen LogP contribution in [-0.2, 0) is 5.75 Å². The lowest BCUT2D eigenvalue weighted by atomic mass is 10.2. The largest absolute Gasteiger partial charge is 0.497 e. The van der Waals surface area contributed by atoms with Crippen molar-refractivity contribution in [1.29, 1.82) is 0 Å². The molecule has 0 bridgehead atoms. The van der Waals surface area contributed by atoms with E-state index in [2.05, 4.69) is 10.1 Å². The van der Waals surface area contributed by atoms with Crippen molar-refractivity contribution in [3.8, 4) is 17.2 Å². The molecule has 4 nitrogen and oxygen atoms in total. The minimum absolute atomic E-state index is 0.494. The highest BCUT2D eigenvalue weighted by Gasteiger charge is 2.09. The van der Waals surface area contributed by atoms with Gasteiger partial charge in [-0.25, -0.2) is 0 Å². The Balaban J connectivity index is 1.65. The van der Waals surface area contributed by atoms with E-state index in [0.29, 0.717) is 16.1 Å². The Morgan fingerprint density at radius 2 is 1.82 bits per heavy atom. The lowest BCUT2D eigenvalue weighted by molar-refractivity contribution is 0.414. The lowest BCUT2D eigenvalue weighted by Crippen LogP contribution is -1.85. The number of rotatable bonds is 5. The summed E-state index contributed by atoms with van der Waals surface area (Å²) in [6.07, 6.45) is 0. The van der Waals surface area contributed by atoms with Gasteiger partial charge in [0.2, 0.25) is 5.16 Å². The molecule has 2 aromatic carbocycles. The number of thioether (sulfide) groups is 1. The normalized spacial score (nSPS) is 10.6. The van der Waals surface area contributed by atoms with Gasteiger partial charge in [-0.3, -0.25) is 0 Å². The van der Waals surface area contributed by atoms with E-state index in [1.807, 2.05) is 36.4 Å². The van der Waals surface area contributed by atoms with E-state index in [1.165, 1.54) is 17.3 Å². The first-order chi connectivity index (χ1) is 10.7. The molecule has 0 aliphatic rings. The van der Waals surface area contributed by atoms with Gasteiger partial charge in [-0.2, -0.15) is 4.98 Å². The van der Waals surface area contributed by atoms with Crippen LogP contribution < -0.4 is 4.74 Å². The van der Waals surface area contributed by atoms with Crippen LogP contribution in [0.15, 0.2) is 58.2 Å². The fourth-order valence-electron chi connectivity index (χ4n) is 1.85. The van der Waals surface area contributed by atoms with Gasteiger partial charge in [0.1, 0.15) is 5.75 Å². The third kappa shape index (κ3) is 3.61. The van der Waals surface area contributed by atoms with Crippen molar-refractivity contribution in [2.45, 2.75) is 10.9 Å². The molecule has 0 unspecified atom stereocenters. The maximum atomic E-state index is 5.86. The quantitative estimate of drug-likeness (QED) is 0.634. The van der Waals surface area contributed by atoms with Crippen LogP contribution >= 0.6 is 23.4 Å². The van der Waals surface area contributed by atoms with Crippen LogP contribution in [0, 0.1) is 0 Å². The topological polar surface area (TPSA) is 48.2 Å². The molecule has 0 fully saturated rings. The first-order valence-corrected chi connectivity index (χ1v) is 7.96. The summed E-state index contributed by atoms with van der Waals surface area (Å²) in [6, 6.07) is 15.2. The molecule has 1 aromatic heterocycles. The molecule has 0 spiro atoms. The number of methoxy groups -OCH3 is 1. The SMILES string of the molecule is COc1ccc(CSc2noc(-c3ccc(Cl)cc3)n2)cc1. The minimum Gasteiger partial charge on any atom is -0.497 e. The fourth-order valence-corrected chi connectivity index (χ4v) is 2.70. The molecule has 22 heavy (non-hydrogen) atoms. The van der Waals surface area contributed by atoms with Crippen LogP contribution in [0.4, 0.5) is 0 Å². The van der Waals surface area contributed by atoms with Crippen LogP contribution in [0.3, 0.4) is 0 Å². The fraction of sp³-hybridized carbons (Fsp3) is 0.125. The Labute approximate surface area is 137 Å². The molecule has 0 aliphatic carbocycles. The molecular weight excluding hydrogens is 320 g/mol. The summed E-state index contributed by atoms with van der Waals surface area (Å²) in [5.41, 5.74) is 2.02. The summed E-state index contributed by atoms with van der Waals surface area (Å²) >= 11 is 7.39. The predicted molar refractivity (Wildman–Crippen MR) is 87.3 cm³/mol. The molecule has 112 valence electrons. The molecule has 6 heteroatoms. The number of aromatic nitrogens is 2. The van der Waals surface area contributed by atoms with Gasteiger partial charge in [0, 0.05) is 16.3 Å². The van der Waals surface area contributed by atoms with E-state index in [9.17, 15) is 0 Å². The van der Waals surface area contributed by atoms with Gasteiger partial charge >= 0.3 is 0 Å². The molecular formula is C16H13ClN2O2S. The van der Waals surface area contributed by atoms with Crippen molar-refractivity contribution in [3.63, 3.8) is 0 Å². The Hall–Kier alpha value is -1.98. The van der Waals surface area contributed by atoms with Crippen molar-refractivity contribution in [3.05, 3.63) is 59.1 Å². The Kier molecular flexibility index (Phi) is 4.65. The summed E-state index contributed by atoms with van der Waals surface area (Å²) in [5.74, 6) is 2.11. The number of hydrogen-bond donors (Lipinski definition) is 0. The van der Waals surface area contributed by atoms with Crippen molar-refractivity contribution in [2.75, 3.05) is 7.11 Å². The molecule has 0 saturated heterocycles. The van der Waals surface area contributed by atoms with E-state index in [-0.39, 0.29) is 0 Å². The summed E-state index contributed by atoms with van der Waals surface area (Å²) in [4.78, 5) is 4.38.